The summed E-state index contributed by atoms with van der Waals surface area (Å²) in [4.78, 5) is 26.3. The maximum Gasteiger partial charge on any atom is 0.279 e. The number of carbonyl (C=O) groups is 1. The lowest BCUT2D eigenvalue weighted by Gasteiger charge is -2.26. The molecule has 1 N–H and O–H groups in total. The normalized spacial score (nSPS) is 15.3. The Bertz CT molecular complexity index is 1300. The zero-order valence-electron chi connectivity index (χ0n) is 16.1. The Kier molecular flexibility index (Phi) is 4.52. The molecule has 6 heteroatoms. The van der Waals surface area contributed by atoms with Gasteiger partial charge in [-0.15, -0.1) is 0 Å². The standard InChI is InChI=1S/C24H19N3O3/c28-23(25-20-14-15-30-21-13-7-6-12-19(20)21)22-17-10-4-5-11-18(17)24(29)27(26-22)16-8-2-1-3-9-16/h1-13,20H,14-15H2,(H,25,28)/t20-/m1/s1. The first kappa shape index (κ1) is 18.1. The molecule has 1 amide bonds. The predicted molar refractivity (Wildman–Crippen MR) is 114 cm³/mol. The fraction of sp³-hybridized carbons (Fsp3) is 0.125. The zero-order chi connectivity index (χ0) is 20.5. The maximum absolute atomic E-state index is 13.3. The smallest absolute Gasteiger partial charge is 0.279 e. The largest absolute Gasteiger partial charge is 0.493 e. The molecule has 0 bridgehead atoms. The molecule has 5 rings (SSSR count). The lowest BCUT2D eigenvalue weighted by atomic mass is 10.00. The van der Waals surface area contributed by atoms with E-state index in [-0.39, 0.29) is 23.2 Å². The van der Waals surface area contributed by atoms with Gasteiger partial charge in [-0.05, 0) is 24.3 Å². The molecule has 1 aliphatic heterocycles. The minimum Gasteiger partial charge on any atom is -0.493 e. The number of benzene rings is 3. The summed E-state index contributed by atoms with van der Waals surface area (Å²) in [5, 5.41) is 8.53. The van der Waals surface area contributed by atoms with Gasteiger partial charge in [0.05, 0.1) is 23.7 Å². The van der Waals surface area contributed by atoms with Gasteiger partial charge in [-0.1, -0.05) is 54.6 Å². The van der Waals surface area contributed by atoms with Crippen molar-refractivity contribution in [2.45, 2.75) is 12.5 Å². The van der Waals surface area contributed by atoms with E-state index in [9.17, 15) is 9.59 Å². The van der Waals surface area contributed by atoms with Gasteiger partial charge in [0, 0.05) is 17.4 Å². The van der Waals surface area contributed by atoms with E-state index < -0.39 is 0 Å². The number of carbonyl (C=O) groups excluding carboxylic acids is 1. The second-order valence-electron chi connectivity index (χ2n) is 7.15. The molecule has 0 saturated heterocycles. The van der Waals surface area contributed by atoms with Gasteiger partial charge in [0.25, 0.3) is 11.5 Å². The molecule has 6 nitrogen and oxygen atoms in total. The van der Waals surface area contributed by atoms with E-state index in [1.807, 2.05) is 42.5 Å². The van der Waals surface area contributed by atoms with Crippen LogP contribution in [0.3, 0.4) is 0 Å². The van der Waals surface area contributed by atoms with E-state index in [1.165, 1.54) is 4.68 Å². The SMILES string of the molecule is O=C(N[C@@H]1CCOc2ccccc21)c1nn(-c2ccccc2)c(=O)c2ccccc12. The van der Waals surface area contributed by atoms with Crippen LogP contribution >= 0.6 is 0 Å². The predicted octanol–water partition coefficient (Wildman–Crippen LogP) is 3.64. The molecule has 0 radical (unpaired) electrons. The second-order valence-corrected chi connectivity index (χ2v) is 7.15. The maximum atomic E-state index is 13.3. The summed E-state index contributed by atoms with van der Waals surface area (Å²) in [5.41, 5.74) is 1.51. The molecule has 0 fully saturated rings. The first-order valence-corrected chi connectivity index (χ1v) is 9.82. The highest BCUT2D eigenvalue weighted by Gasteiger charge is 2.25. The summed E-state index contributed by atoms with van der Waals surface area (Å²) in [6.45, 7) is 0.527. The number of nitrogens with one attached hydrogen (secondary N) is 1. The Morgan fingerprint density at radius 3 is 2.47 bits per heavy atom. The number of nitrogens with zero attached hydrogens (tertiary/aromatic N) is 2. The van der Waals surface area contributed by atoms with Gasteiger partial charge in [-0.25, -0.2) is 0 Å². The van der Waals surface area contributed by atoms with Crippen LogP contribution in [-0.2, 0) is 0 Å². The lowest BCUT2D eigenvalue weighted by Crippen LogP contribution is -2.34. The van der Waals surface area contributed by atoms with Gasteiger partial charge in [0.2, 0.25) is 0 Å². The number of aromatic nitrogens is 2. The molecule has 0 saturated carbocycles. The molecule has 4 aromatic rings. The third-order valence-electron chi connectivity index (χ3n) is 5.28. The number of hydrogen-bond acceptors (Lipinski definition) is 4. The van der Waals surface area contributed by atoms with Crippen molar-refractivity contribution < 1.29 is 9.53 Å². The number of ether oxygens (including phenoxy) is 1. The van der Waals surface area contributed by atoms with E-state index in [2.05, 4.69) is 10.4 Å². The summed E-state index contributed by atoms with van der Waals surface area (Å²) >= 11 is 0. The Morgan fingerprint density at radius 1 is 0.933 bits per heavy atom. The van der Waals surface area contributed by atoms with Gasteiger partial charge in [0.15, 0.2) is 5.69 Å². The van der Waals surface area contributed by atoms with Crippen molar-refractivity contribution in [1.82, 2.24) is 15.1 Å². The average molecular weight is 397 g/mol. The molecule has 1 atom stereocenters. The molecule has 1 aromatic heterocycles. The number of fused-ring (bicyclic) bond motifs is 2. The minimum atomic E-state index is -0.322. The molecule has 30 heavy (non-hydrogen) atoms. The summed E-state index contributed by atoms with van der Waals surface area (Å²) in [7, 11) is 0. The third kappa shape index (κ3) is 3.12. The quantitative estimate of drug-likeness (QED) is 0.573. The molecular formula is C24H19N3O3. The Morgan fingerprint density at radius 2 is 1.63 bits per heavy atom. The molecule has 0 unspecified atom stereocenters. The van der Waals surface area contributed by atoms with Crippen molar-refractivity contribution in [1.29, 1.82) is 0 Å². The fourth-order valence-corrected chi connectivity index (χ4v) is 3.82. The monoisotopic (exact) mass is 397 g/mol. The van der Waals surface area contributed by atoms with Gasteiger partial charge in [-0.2, -0.15) is 9.78 Å². The van der Waals surface area contributed by atoms with Crippen molar-refractivity contribution in [3.8, 4) is 11.4 Å². The fourth-order valence-electron chi connectivity index (χ4n) is 3.82. The third-order valence-corrected chi connectivity index (χ3v) is 5.28. The number of hydrogen-bond donors (Lipinski definition) is 1. The van der Waals surface area contributed by atoms with Crippen LogP contribution in [0.25, 0.3) is 16.5 Å². The second kappa shape index (κ2) is 7.48. The summed E-state index contributed by atoms with van der Waals surface area (Å²) in [5.74, 6) is 0.457. The van der Waals surface area contributed by atoms with Crippen molar-refractivity contribution in [3.63, 3.8) is 0 Å². The molecule has 148 valence electrons. The van der Waals surface area contributed by atoms with Crippen molar-refractivity contribution in [3.05, 3.63) is 100 Å². The zero-order valence-corrected chi connectivity index (χ0v) is 16.1. The Hall–Kier alpha value is -3.93. The number of rotatable bonds is 3. The summed E-state index contributed by atoms with van der Waals surface area (Å²) < 4.78 is 6.98. The topological polar surface area (TPSA) is 73.2 Å². The first-order chi connectivity index (χ1) is 14.7. The van der Waals surface area contributed by atoms with Crippen LogP contribution in [0.5, 0.6) is 5.75 Å². The van der Waals surface area contributed by atoms with Crippen LogP contribution in [0.4, 0.5) is 0 Å². The molecule has 3 aromatic carbocycles. The minimum absolute atomic E-state index is 0.180. The van der Waals surface area contributed by atoms with Crippen LogP contribution in [0.1, 0.15) is 28.5 Å². The van der Waals surface area contributed by atoms with Crippen LogP contribution in [0.15, 0.2) is 83.7 Å². The Balaban J connectivity index is 1.60. The number of amides is 1. The molecule has 0 aliphatic carbocycles. The van der Waals surface area contributed by atoms with E-state index in [4.69, 9.17) is 4.74 Å². The van der Waals surface area contributed by atoms with Crippen molar-refractivity contribution >= 4 is 16.7 Å². The highest BCUT2D eigenvalue weighted by Crippen LogP contribution is 2.31. The van der Waals surface area contributed by atoms with Crippen molar-refractivity contribution in [2.24, 2.45) is 0 Å². The van der Waals surface area contributed by atoms with E-state index >= 15 is 0 Å². The molecular weight excluding hydrogens is 378 g/mol. The van der Waals surface area contributed by atoms with Gasteiger partial charge >= 0.3 is 0 Å². The number of para-hydroxylation sites is 2. The first-order valence-electron chi connectivity index (χ1n) is 9.82. The molecule has 0 spiro atoms. The van der Waals surface area contributed by atoms with Gasteiger partial charge < -0.3 is 10.1 Å². The van der Waals surface area contributed by atoms with Crippen LogP contribution in [-0.4, -0.2) is 22.3 Å². The van der Waals surface area contributed by atoms with E-state index in [0.717, 1.165) is 11.3 Å². The molecule has 1 aliphatic rings. The van der Waals surface area contributed by atoms with E-state index in [0.29, 0.717) is 29.5 Å². The van der Waals surface area contributed by atoms with Crippen molar-refractivity contribution in [2.75, 3.05) is 6.61 Å². The van der Waals surface area contributed by atoms with Crippen LogP contribution in [0, 0.1) is 0 Å². The lowest BCUT2D eigenvalue weighted by molar-refractivity contribution is 0.0920. The average Bonchev–Trinajstić information content (AvgIpc) is 2.80. The van der Waals surface area contributed by atoms with Gasteiger partial charge in [-0.3, -0.25) is 9.59 Å². The van der Waals surface area contributed by atoms with Crippen LogP contribution < -0.4 is 15.6 Å². The van der Waals surface area contributed by atoms with Crippen LogP contribution in [0.2, 0.25) is 0 Å². The van der Waals surface area contributed by atoms with Gasteiger partial charge in [0.1, 0.15) is 5.75 Å². The summed E-state index contributed by atoms with van der Waals surface area (Å²) in [6, 6.07) is 23.7. The Labute approximate surface area is 172 Å². The van der Waals surface area contributed by atoms with E-state index in [1.54, 1.807) is 36.4 Å². The highest BCUT2D eigenvalue weighted by atomic mass is 16.5. The highest BCUT2D eigenvalue weighted by molar-refractivity contribution is 6.05. The molecule has 2 heterocycles. The summed E-state index contributed by atoms with van der Waals surface area (Å²) in [6.07, 6.45) is 0.666.